The zero-order chi connectivity index (χ0) is 28.0. The second kappa shape index (κ2) is 15.9. The molecule has 0 aromatic heterocycles. The third-order valence-corrected chi connectivity index (χ3v) is 9.57. The Hall–Kier alpha value is -2.42. The normalized spacial score (nSPS) is 11.5. The molecule has 38 heavy (non-hydrogen) atoms. The van der Waals surface area contributed by atoms with Crippen LogP contribution in [0.1, 0.15) is 24.0 Å². The van der Waals surface area contributed by atoms with E-state index in [4.69, 9.17) is 9.47 Å². The highest BCUT2D eigenvalue weighted by Crippen LogP contribution is 2.12. The van der Waals surface area contributed by atoms with E-state index in [1.165, 1.54) is 24.3 Å². The van der Waals surface area contributed by atoms with Crippen LogP contribution >= 0.6 is 23.5 Å². The van der Waals surface area contributed by atoms with Crippen molar-refractivity contribution < 1.29 is 35.9 Å². The fourth-order valence-electron chi connectivity index (χ4n) is 2.83. The van der Waals surface area contributed by atoms with Crippen molar-refractivity contribution in [3.05, 3.63) is 59.7 Å². The summed E-state index contributed by atoms with van der Waals surface area (Å²) in [6, 6.07) is 12.3. The number of amides is 2. The van der Waals surface area contributed by atoms with Gasteiger partial charge in [0.2, 0.25) is 0 Å². The van der Waals surface area contributed by atoms with Gasteiger partial charge in [0, 0.05) is 11.5 Å². The molecule has 2 N–H and O–H groups in total. The molecule has 0 saturated carbocycles. The van der Waals surface area contributed by atoms with Gasteiger partial charge in [-0.25, -0.2) is 35.9 Å². The first kappa shape index (κ1) is 31.8. The molecule has 0 aliphatic rings. The maximum atomic E-state index is 12.1. The van der Waals surface area contributed by atoms with Gasteiger partial charge < -0.3 is 9.47 Å². The Bertz CT molecular complexity index is 1150. The van der Waals surface area contributed by atoms with Crippen LogP contribution in [-0.2, 0) is 29.5 Å². The Labute approximate surface area is 232 Å². The number of benzene rings is 2. The summed E-state index contributed by atoms with van der Waals surface area (Å²) in [5, 5.41) is 0. The number of ether oxygens (including phenoxy) is 2. The number of nitrogens with one attached hydrogen (secondary N) is 2. The molecule has 10 nitrogen and oxygen atoms in total. The highest BCUT2D eigenvalue weighted by atomic mass is 32.2. The molecule has 0 saturated heterocycles. The molecule has 0 fully saturated rings. The van der Waals surface area contributed by atoms with Gasteiger partial charge in [-0.3, -0.25) is 0 Å². The molecule has 0 spiro atoms. The monoisotopic (exact) mass is 604 g/mol. The van der Waals surface area contributed by atoms with Gasteiger partial charge in [0.05, 0.1) is 9.79 Å². The molecule has 210 valence electrons. The summed E-state index contributed by atoms with van der Waals surface area (Å²) in [4.78, 5) is 23.5. The zero-order valence-electron chi connectivity index (χ0n) is 21.2. The number of aryl methyl sites for hydroxylation is 2. The number of sulfonamides is 2. The molecule has 0 aliphatic carbocycles. The smallest absolute Gasteiger partial charge is 0.421 e. The Balaban J connectivity index is 1.45. The van der Waals surface area contributed by atoms with Gasteiger partial charge in [-0.2, -0.15) is 23.5 Å². The fraction of sp³-hybridized carbons (Fsp3) is 0.417. The van der Waals surface area contributed by atoms with E-state index in [1.807, 2.05) is 23.3 Å². The highest BCUT2D eigenvalue weighted by molar-refractivity contribution is 7.99. The van der Waals surface area contributed by atoms with Crippen molar-refractivity contribution in [1.29, 1.82) is 0 Å². The van der Waals surface area contributed by atoms with E-state index in [2.05, 4.69) is 0 Å². The topological polar surface area (TPSA) is 145 Å². The molecule has 14 heteroatoms. The second-order valence-electron chi connectivity index (χ2n) is 8.04. The second-order valence-corrected chi connectivity index (χ2v) is 13.9. The van der Waals surface area contributed by atoms with Crippen LogP contribution in [0.2, 0.25) is 0 Å². The largest absolute Gasteiger partial charge is 0.448 e. The van der Waals surface area contributed by atoms with E-state index in [-0.39, 0.29) is 23.0 Å². The fourth-order valence-corrected chi connectivity index (χ4v) is 6.24. The van der Waals surface area contributed by atoms with Crippen LogP contribution in [0, 0.1) is 13.8 Å². The van der Waals surface area contributed by atoms with E-state index >= 15 is 0 Å². The molecular formula is C24H32N2O8S4. The summed E-state index contributed by atoms with van der Waals surface area (Å²) in [6.07, 6.45) is -0.152. The molecule has 0 aliphatic heterocycles. The average Bonchev–Trinajstić information content (AvgIpc) is 2.84. The minimum Gasteiger partial charge on any atom is -0.448 e. The van der Waals surface area contributed by atoms with Crippen LogP contribution in [-0.4, -0.2) is 65.2 Å². The Kier molecular flexibility index (Phi) is 13.3. The van der Waals surface area contributed by atoms with Crippen molar-refractivity contribution in [2.24, 2.45) is 0 Å². The maximum absolute atomic E-state index is 12.1. The quantitative estimate of drug-likeness (QED) is 0.285. The van der Waals surface area contributed by atoms with Crippen LogP contribution in [0.3, 0.4) is 0 Å². The molecular weight excluding hydrogens is 573 g/mol. The van der Waals surface area contributed by atoms with Crippen molar-refractivity contribution in [3.63, 3.8) is 0 Å². The standard InChI is InChI=1S/C24H32N2O8S4/c1-19-5-9-21(10-6-19)37(29,30)25-23(27)33-13-17-35-15-3-4-16-36-18-14-34-24(28)26-38(31,32)22-11-7-20(2)8-12-22/h5-12H,3-4,13-18H2,1-2H3,(H,25,27)(H,26,28). The Morgan fingerprint density at radius 3 is 1.32 bits per heavy atom. The van der Waals surface area contributed by atoms with E-state index in [1.54, 1.807) is 47.8 Å². The summed E-state index contributed by atoms with van der Waals surface area (Å²) < 4.78 is 62.2. The molecule has 0 radical (unpaired) electrons. The van der Waals surface area contributed by atoms with Crippen molar-refractivity contribution in [1.82, 2.24) is 9.44 Å². The van der Waals surface area contributed by atoms with E-state index in [0.29, 0.717) is 11.5 Å². The molecule has 0 bridgehead atoms. The van der Waals surface area contributed by atoms with Crippen molar-refractivity contribution in [2.75, 3.05) is 36.2 Å². The molecule has 2 aromatic carbocycles. The Morgan fingerprint density at radius 1 is 0.632 bits per heavy atom. The third-order valence-electron chi connectivity index (χ3n) is 4.85. The first-order valence-corrected chi connectivity index (χ1v) is 17.0. The Morgan fingerprint density at radius 2 is 0.974 bits per heavy atom. The third kappa shape index (κ3) is 12.0. The lowest BCUT2D eigenvalue weighted by Crippen LogP contribution is -2.31. The lowest BCUT2D eigenvalue weighted by molar-refractivity contribution is 0.158. The van der Waals surface area contributed by atoms with E-state index in [0.717, 1.165) is 35.5 Å². The van der Waals surface area contributed by atoms with Gasteiger partial charge in [0.25, 0.3) is 20.0 Å². The molecule has 0 heterocycles. The van der Waals surface area contributed by atoms with Crippen LogP contribution in [0.25, 0.3) is 0 Å². The first-order chi connectivity index (χ1) is 18.0. The summed E-state index contributed by atoms with van der Waals surface area (Å²) in [5.74, 6) is 2.78. The van der Waals surface area contributed by atoms with Crippen molar-refractivity contribution in [2.45, 2.75) is 36.5 Å². The summed E-state index contributed by atoms with van der Waals surface area (Å²) in [7, 11) is -7.92. The number of unbranched alkanes of at least 4 members (excludes halogenated alkanes) is 1. The molecule has 2 rings (SSSR count). The van der Waals surface area contributed by atoms with Gasteiger partial charge in [-0.1, -0.05) is 35.4 Å². The predicted octanol–water partition coefficient (Wildman–Crippen LogP) is 4.08. The minimum atomic E-state index is -3.96. The molecule has 2 amide bonds. The van der Waals surface area contributed by atoms with Gasteiger partial charge in [-0.05, 0) is 62.5 Å². The summed E-state index contributed by atoms with van der Waals surface area (Å²) in [5.41, 5.74) is 1.81. The van der Waals surface area contributed by atoms with E-state index < -0.39 is 32.2 Å². The number of hydrogen-bond acceptors (Lipinski definition) is 10. The zero-order valence-corrected chi connectivity index (χ0v) is 24.4. The van der Waals surface area contributed by atoms with Crippen LogP contribution in [0.5, 0.6) is 0 Å². The minimum absolute atomic E-state index is 0.00631. The summed E-state index contributed by atoms with van der Waals surface area (Å²) >= 11 is 3.18. The molecule has 0 unspecified atom stereocenters. The van der Waals surface area contributed by atoms with Crippen LogP contribution < -0.4 is 9.44 Å². The molecule has 2 aromatic rings. The van der Waals surface area contributed by atoms with Crippen LogP contribution in [0.15, 0.2) is 58.3 Å². The predicted molar refractivity (Wildman–Crippen MR) is 150 cm³/mol. The van der Waals surface area contributed by atoms with Gasteiger partial charge >= 0.3 is 12.2 Å². The lowest BCUT2D eigenvalue weighted by Gasteiger charge is -2.09. The van der Waals surface area contributed by atoms with Crippen LogP contribution in [0.4, 0.5) is 9.59 Å². The summed E-state index contributed by atoms with van der Waals surface area (Å²) in [6.45, 7) is 3.85. The van der Waals surface area contributed by atoms with E-state index in [9.17, 15) is 26.4 Å². The number of carbonyl (C=O) groups is 2. The van der Waals surface area contributed by atoms with Crippen molar-refractivity contribution in [3.8, 4) is 0 Å². The van der Waals surface area contributed by atoms with Gasteiger partial charge in [0.15, 0.2) is 0 Å². The number of thioether (sulfide) groups is 2. The number of rotatable bonds is 15. The number of hydrogen-bond donors (Lipinski definition) is 2. The van der Waals surface area contributed by atoms with Gasteiger partial charge in [0.1, 0.15) is 13.2 Å². The SMILES string of the molecule is Cc1ccc(S(=O)(=O)NC(=O)OCCSCCCCSCCOC(=O)NS(=O)(=O)c2ccc(C)cc2)cc1. The highest BCUT2D eigenvalue weighted by Gasteiger charge is 2.19. The average molecular weight is 605 g/mol. The molecule has 0 atom stereocenters. The first-order valence-electron chi connectivity index (χ1n) is 11.7. The lowest BCUT2D eigenvalue weighted by atomic mass is 10.2. The number of carbonyl (C=O) groups excluding carboxylic acids is 2. The maximum Gasteiger partial charge on any atom is 0.421 e. The van der Waals surface area contributed by atoms with Crippen molar-refractivity contribution >= 4 is 55.8 Å². The van der Waals surface area contributed by atoms with Gasteiger partial charge in [-0.15, -0.1) is 0 Å².